The molecule has 48 heavy (non-hydrogen) atoms. The van der Waals surface area contributed by atoms with Crippen molar-refractivity contribution in [2.45, 2.75) is 200 Å². The van der Waals surface area contributed by atoms with Gasteiger partial charge in [-0.3, -0.25) is 9.59 Å². The molecule has 0 radical (unpaired) electrons. The maximum absolute atomic E-state index is 12.3. The van der Waals surface area contributed by atoms with Crippen LogP contribution in [0.25, 0.3) is 0 Å². The Morgan fingerprint density at radius 3 is 1.31 bits per heavy atom. The lowest BCUT2D eigenvalue weighted by molar-refractivity contribution is -0.161. The number of aliphatic hydroxyl groups excluding tert-OH is 1. The minimum atomic E-state index is -0.756. The van der Waals surface area contributed by atoms with Crippen molar-refractivity contribution < 1.29 is 24.2 Å². The van der Waals surface area contributed by atoms with E-state index in [1.54, 1.807) is 0 Å². The van der Waals surface area contributed by atoms with Gasteiger partial charge in [0, 0.05) is 12.8 Å². The fraction of sp³-hybridized carbons (Fsp3) is 0.953. The van der Waals surface area contributed by atoms with Crippen LogP contribution in [0.15, 0.2) is 0 Å². The van der Waals surface area contributed by atoms with Crippen LogP contribution in [0.1, 0.15) is 194 Å². The molecule has 4 aliphatic rings. The van der Waals surface area contributed by atoms with Crippen LogP contribution < -0.4 is 0 Å². The van der Waals surface area contributed by atoms with Crippen molar-refractivity contribution in [3.05, 3.63) is 0 Å². The highest BCUT2D eigenvalue weighted by molar-refractivity contribution is 5.70. The summed E-state index contributed by atoms with van der Waals surface area (Å²) in [6.45, 7) is 4.23. The molecule has 4 saturated carbocycles. The lowest BCUT2D eigenvalue weighted by Crippen LogP contribution is -2.28. The van der Waals surface area contributed by atoms with Crippen LogP contribution in [0.5, 0.6) is 0 Å². The van der Waals surface area contributed by atoms with Gasteiger partial charge >= 0.3 is 11.9 Å². The van der Waals surface area contributed by atoms with Crippen LogP contribution in [0.4, 0.5) is 0 Å². The van der Waals surface area contributed by atoms with Crippen LogP contribution in [0.3, 0.4) is 0 Å². The van der Waals surface area contributed by atoms with Gasteiger partial charge in [0.15, 0.2) is 6.10 Å². The molecule has 5 nitrogen and oxygen atoms in total. The fourth-order valence-corrected chi connectivity index (χ4v) is 8.94. The Morgan fingerprint density at radius 1 is 0.521 bits per heavy atom. The third-order valence-corrected chi connectivity index (χ3v) is 12.7. The molecule has 1 N–H and O–H groups in total. The summed E-state index contributed by atoms with van der Waals surface area (Å²) in [6, 6.07) is 0. The molecule has 0 aliphatic heterocycles. The summed E-state index contributed by atoms with van der Waals surface area (Å²) >= 11 is 0. The summed E-state index contributed by atoms with van der Waals surface area (Å²) < 4.78 is 10.7. The van der Waals surface area contributed by atoms with E-state index < -0.39 is 6.10 Å². The van der Waals surface area contributed by atoms with Gasteiger partial charge in [0.25, 0.3) is 0 Å². The van der Waals surface area contributed by atoms with Crippen molar-refractivity contribution in [1.82, 2.24) is 0 Å². The van der Waals surface area contributed by atoms with E-state index in [9.17, 15) is 14.7 Å². The molecule has 0 saturated heterocycles. The number of aliphatic hydroxyl groups is 1. The first-order valence-corrected chi connectivity index (χ1v) is 21.5. The monoisotopic (exact) mass is 673 g/mol. The van der Waals surface area contributed by atoms with Gasteiger partial charge in [-0.1, -0.05) is 129 Å². The number of hydrogen-bond acceptors (Lipinski definition) is 5. The van der Waals surface area contributed by atoms with E-state index in [-0.39, 0.29) is 25.2 Å². The van der Waals surface area contributed by atoms with Crippen molar-refractivity contribution in [1.29, 1.82) is 0 Å². The molecule has 0 spiro atoms. The Morgan fingerprint density at radius 2 is 0.896 bits per heavy atom. The van der Waals surface area contributed by atoms with E-state index in [1.807, 2.05) is 0 Å². The average molecular weight is 673 g/mol. The van der Waals surface area contributed by atoms with Gasteiger partial charge in [0.1, 0.15) is 6.61 Å². The van der Waals surface area contributed by atoms with Gasteiger partial charge in [-0.05, 0) is 98.7 Å². The van der Waals surface area contributed by atoms with Crippen LogP contribution in [-0.2, 0) is 19.1 Å². The quantitative estimate of drug-likeness (QED) is 0.0569. The van der Waals surface area contributed by atoms with Crippen LogP contribution >= 0.6 is 0 Å². The first-order valence-electron chi connectivity index (χ1n) is 21.5. The topological polar surface area (TPSA) is 72.8 Å². The van der Waals surface area contributed by atoms with Crippen molar-refractivity contribution in [3.8, 4) is 0 Å². The smallest absolute Gasteiger partial charge is 0.306 e. The number of carbonyl (C=O) groups is 2. The van der Waals surface area contributed by atoms with E-state index in [0.29, 0.717) is 12.8 Å². The highest BCUT2D eigenvalue weighted by Crippen LogP contribution is 2.55. The number of esters is 2. The maximum atomic E-state index is 12.3. The molecule has 278 valence electrons. The molecular formula is C43H76O5. The summed E-state index contributed by atoms with van der Waals surface area (Å²) in [5.74, 6) is 7.78. The first kappa shape index (κ1) is 39.7. The minimum absolute atomic E-state index is 0.0492. The number of carbonyl (C=O) groups excluding carboxylic acids is 2. The summed E-state index contributed by atoms with van der Waals surface area (Å²) in [6.07, 6.45) is 34.5. The van der Waals surface area contributed by atoms with E-state index in [2.05, 4.69) is 13.8 Å². The third kappa shape index (κ3) is 16.7. The Kier molecular flexibility index (Phi) is 18.7. The molecule has 0 aromatic carbocycles. The maximum Gasteiger partial charge on any atom is 0.306 e. The second-order valence-electron chi connectivity index (χ2n) is 17.1. The molecular weight excluding hydrogens is 596 g/mol. The Labute approximate surface area is 295 Å². The fourth-order valence-electron chi connectivity index (χ4n) is 8.94. The molecule has 4 fully saturated rings. The minimum Gasteiger partial charge on any atom is -0.462 e. The lowest BCUT2D eigenvalue weighted by Gasteiger charge is -2.15. The van der Waals surface area contributed by atoms with Gasteiger partial charge in [-0.25, -0.2) is 0 Å². The highest BCUT2D eigenvalue weighted by atomic mass is 16.6. The second kappa shape index (κ2) is 22.7. The molecule has 4 aliphatic carbocycles. The number of rotatable bonds is 32. The molecule has 0 aromatic rings. The zero-order valence-corrected chi connectivity index (χ0v) is 31.5. The van der Waals surface area contributed by atoms with Crippen LogP contribution in [0, 0.1) is 47.3 Å². The van der Waals surface area contributed by atoms with E-state index in [1.165, 1.54) is 141 Å². The van der Waals surface area contributed by atoms with Gasteiger partial charge < -0.3 is 14.6 Å². The number of hydrogen-bond donors (Lipinski definition) is 1. The predicted molar refractivity (Wildman–Crippen MR) is 196 cm³/mol. The Bertz CT molecular complexity index is 888. The van der Waals surface area contributed by atoms with Crippen LogP contribution in [-0.4, -0.2) is 36.4 Å². The molecule has 8 unspecified atom stereocenters. The molecule has 0 aromatic heterocycles. The van der Waals surface area contributed by atoms with Gasteiger partial charge in [-0.15, -0.1) is 0 Å². The van der Waals surface area contributed by atoms with E-state index in [0.717, 1.165) is 73.0 Å². The first-order chi connectivity index (χ1) is 23.5. The van der Waals surface area contributed by atoms with Crippen molar-refractivity contribution in [2.24, 2.45) is 47.3 Å². The van der Waals surface area contributed by atoms with Crippen LogP contribution in [0.2, 0.25) is 0 Å². The summed E-state index contributed by atoms with van der Waals surface area (Å²) in [4.78, 5) is 24.4. The molecule has 0 bridgehead atoms. The van der Waals surface area contributed by atoms with Crippen molar-refractivity contribution in [3.63, 3.8) is 0 Å². The standard InChI is InChI=1S/C43H76O5/c1-3-5-13-19-33-25-37(33)29-39-27-35(39)21-15-9-7-11-17-23-42(45)47-32-41(31-44)48-43(46)24-18-12-8-10-16-22-36-28-40(36)30-38-26-34(38)20-14-6-4-2/h33-41,44H,3-32H2,1-2H3/t33?,34?,35?,36?,37?,38?,39?,40?,41-/m0/s1. The molecule has 9 atom stereocenters. The molecule has 0 amide bonds. The summed E-state index contributed by atoms with van der Waals surface area (Å²) in [5, 5.41) is 9.62. The zero-order valence-electron chi connectivity index (χ0n) is 31.5. The molecule has 0 heterocycles. The number of ether oxygens (including phenoxy) is 2. The summed E-state index contributed by atoms with van der Waals surface area (Å²) in [5.41, 5.74) is 0. The van der Waals surface area contributed by atoms with Crippen molar-refractivity contribution in [2.75, 3.05) is 13.2 Å². The second-order valence-corrected chi connectivity index (χ2v) is 17.1. The lowest BCUT2D eigenvalue weighted by atomic mass is 10.0. The highest BCUT2D eigenvalue weighted by Gasteiger charge is 2.45. The Balaban J connectivity index is 0.869. The van der Waals surface area contributed by atoms with Gasteiger partial charge in [0.2, 0.25) is 0 Å². The molecule has 5 heteroatoms. The van der Waals surface area contributed by atoms with Gasteiger partial charge in [-0.2, -0.15) is 0 Å². The Hall–Kier alpha value is -1.10. The zero-order chi connectivity index (χ0) is 34.0. The molecule has 4 rings (SSSR count). The largest absolute Gasteiger partial charge is 0.462 e. The third-order valence-electron chi connectivity index (χ3n) is 12.7. The number of unbranched alkanes of at least 4 members (excludes halogenated alkanes) is 12. The van der Waals surface area contributed by atoms with Gasteiger partial charge in [0.05, 0.1) is 6.61 Å². The average Bonchev–Trinajstić information content (AvgIpc) is 3.90. The van der Waals surface area contributed by atoms with Crippen molar-refractivity contribution >= 4 is 11.9 Å². The predicted octanol–water partition coefficient (Wildman–Crippen LogP) is 11.4. The van der Waals surface area contributed by atoms with E-state index in [4.69, 9.17) is 9.47 Å². The SMILES string of the molecule is CCCCCC1CC1CC1CC1CCCCCCCC(=O)OC[C@H](CO)OC(=O)CCCCCCCC1CC1CC1CC1CCCCC. The normalized spacial score (nSPS) is 29.0. The van der Waals surface area contributed by atoms with E-state index >= 15 is 0 Å². The summed E-state index contributed by atoms with van der Waals surface area (Å²) in [7, 11) is 0.